The molecule has 20 heavy (non-hydrogen) atoms. The zero-order valence-electron chi connectivity index (χ0n) is 12.2. The Kier molecular flexibility index (Phi) is 5.94. The van der Waals surface area contributed by atoms with Gasteiger partial charge in [-0.25, -0.2) is 0 Å². The van der Waals surface area contributed by atoms with Gasteiger partial charge in [0, 0.05) is 17.1 Å². The van der Waals surface area contributed by atoms with Gasteiger partial charge in [-0.3, -0.25) is 19.0 Å². The van der Waals surface area contributed by atoms with Crippen molar-refractivity contribution in [1.29, 1.82) is 0 Å². The van der Waals surface area contributed by atoms with Crippen LogP contribution in [0, 0.1) is 6.92 Å². The highest BCUT2D eigenvalue weighted by Gasteiger charge is 2.22. The molecule has 6 nitrogen and oxygen atoms in total. The molecule has 0 N–H and O–H groups in total. The van der Waals surface area contributed by atoms with E-state index in [9.17, 15) is 14.4 Å². The van der Waals surface area contributed by atoms with E-state index >= 15 is 0 Å². The molecular formula is C13H20N2O4S. The maximum atomic E-state index is 12.3. The Morgan fingerprint density at radius 1 is 1.45 bits per heavy atom. The van der Waals surface area contributed by atoms with E-state index in [4.69, 9.17) is 4.74 Å². The van der Waals surface area contributed by atoms with Gasteiger partial charge in [0.05, 0.1) is 6.61 Å². The van der Waals surface area contributed by atoms with Crippen molar-refractivity contribution in [2.45, 2.75) is 40.3 Å². The second-order valence-electron chi connectivity index (χ2n) is 4.65. The highest BCUT2D eigenvalue weighted by molar-refractivity contribution is 7.07. The van der Waals surface area contributed by atoms with Gasteiger partial charge in [-0.15, -0.1) is 0 Å². The molecule has 1 rings (SSSR count). The fraction of sp³-hybridized carbons (Fsp3) is 0.615. The molecule has 1 aromatic rings. The number of hydrogen-bond donors (Lipinski definition) is 0. The number of thiazole rings is 1. The first-order valence-corrected chi connectivity index (χ1v) is 7.34. The van der Waals surface area contributed by atoms with Crippen LogP contribution in [0.2, 0.25) is 0 Å². The molecule has 1 amide bonds. The van der Waals surface area contributed by atoms with Gasteiger partial charge in [-0.2, -0.15) is 0 Å². The normalized spacial score (nSPS) is 10.7. The highest BCUT2D eigenvalue weighted by atomic mass is 32.1. The molecule has 0 bridgehead atoms. The molecule has 1 heterocycles. The molecule has 0 aliphatic carbocycles. The molecule has 0 radical (unpaired) electrons. The van der Waals surface area contributed by atoms with Gasteiger partial charge < -0.3 is 9.64 Å². The average molecular weight is 300 g/mol. The summed E-state index contributed by atoms with van der Waals surface area (Å²) in [5, 5.41) is 1.71. The van der Waals surface area contributed by atoms with E-state index in [2.05, 4.69) is 0 Å². The molecule has 0 fully saturated rings. The van der Waals surface area contributed by atoms with Crippen LogP contribution in [-0.2, 0) is 20.9 Å². The Hall–Kier alpha value is -1.63. The number of nitrogens with zero attached hydrogens (tertiary/aromatic N) is 2. The smallest absolute Gasteiger partial charge is 0.325 e. The van der Waals surface area contributed by atoms with Crippen molar-refractivity contribution in [3.8, 4) is 0 Å². The quantitative estimate of drug-likeness (QED) is 0.736. The minimum Gasteiger partial charge on any atom is -0.465 e. The fourth-order valence-corrected chi connectivity index (χ4v) is 2.46. The second-order valence-corrected chi connectivity index (χ2v) is 5.47. The SMILES string of the molecule is CCOC(=O)CN(C(=O)Cn1c(C)csc1=O)C(C)C. The molecule has 0 aliphatic heterocycles. The standard InChI is InChI=1S/C13H20N2O4S/c1-5-19-12(17)7-14(9(2)3)11(16)6-15-10(4)8-20-13(15)18/h8-9H,5-7H2,1-4H3. The Bertz CT molecular complexity index is 533. The lowest BCUT2D eigenvalue weighted by Crippen LogP contribution is -2.43. The number of carbonyl (C=O) groups is 2. The van der Waals surface area contributed by atoms with E-state index in [1.54, 1.807) is 19.2 Å². The van der Waals surface area contributed by atoms with E-state index in [0.29, 0.717) is 0 Å². The van der Waals surface area contributed by atoms with E-state index in [0.717, 1.165) is 17.0 Å². The number of rotatable bonds is 6. The highest BCUT2D eigenvalue weighted by Crippen LogP contribution is 2.05. The van der Waals surface area contributed by atoms with Crippen LogP contribution in [0.4, 0.5) is 0 Å². The van der Waals surface area contributed by atoms with Crippen LogP contribution in [0.15, 0.2) is 10.2 Å². The summed E-state index contributed by atoms with van der Waals surface area (Å²) in [5.41, 5.74) is 0.744. The van der Waals surface area contributed by atoms with Crippen molar-refractivity contribution in [2.75, 3.05) is 13.2 Å². The summed E-state index contributed by atoms with van der Waals surface area (Å²) in [5.74, 6) is -0.708. The van der Waals surface area contributed by atoms with Crippen molar-refractivity contribution >= 4 is 23.2 Å². The van der Waals surface area contributed by atoms with Crippen LogP contribution >= 0.6 is 11.3 Å². The minimum atomic E-state index is -0.441. The van der Waals surface area contributed by atoms with Gasteiger partial charge in [-0.05, 0) is 27.7 Å². The van der Waals surface area contributed by atoms with Crippen molar-refractivity contribution in [3.05, 3.63) is 20.7 Å². The van der Waals surface area contributed by atoms with Gasteiger partial charge in [0.1, 0.15) is 13.1 Å². The first kappa shape index (κ1) is 16.4. The third-order valence-corrected chi connectivity index (χ3v) is 3.70. The molecule has 7 heteroatoms. The summed E-state index contributed by atoms with van der Waals surface area (Å²) >= 11 is 1.06. The molecule has 112 valence electrons. The van der Waals surface area contributed by atoms with E-state index in [1.165, 1.54) is 9.47 Å². The first-order chi connectivity index (χ1) is 9.36. The Labute approximate surface area is 122 Å². The number of esters is 1. The summed E-state index contributed by atoms with van der Waals surface area (Å²) in [6, 6.07) is -0.137. The Morgan fingerprint density at radius 3 is 2.55 bits per heavy atom. The molecule has 0 aliphatic rings. The zero-order valence-corrected chi connectivity index (χ0v) is 13.0. The van der Waals surface area contributed by atoms with Crippen LogP contribution in [-0.4, -0.2) is 40.5 Å². The predicted octanol–water partition coefficient (Wildman–Crippen LogP) is 1.02. The maximum absolute atomic E-state index is 12.3. The maximum Gasteiger partial charge on any atom is 0.325 e. The van der Waals surface area contributed by atoms with Gasteiger partial charge in [0.15, 0.2) is 0 Å². The topological polar surface area (TPSA) is 68.6 Å². The predicted molar refractivity (Wildman–Crippen MR) is 76.8 cm³/mol. The summed E-state index contributed by atoms with van der Waals surface area (Å²) in [6.45, 7) is 7.26. The minimum absolute atomic E-state index is 0.0498. The number of hydrogen-bond acceptors (Lipinski definition) is 5. The summed E-state index contributed by atoms with van der Waals surface area (Å²) in [7, 11) is 0. The van der Waals surface area contributed by atoms with Gasteiger partial charge in [0.2, 0.25) is 5.91 Å². The summed E-state index contributed by atoms with van der Waals surface area (Å²) in [6.07, 6.45) is 0. The lowest BCUT2D eigenvalue weighted by atomic mass is 10.3. The summed E-state index contributed by atoms with van der Waals surface area (Å²) in [4.78, 5) is 36.6. The van der Waals surface area contributed by atoms with Crippen molar-refractivity contribution in [2.24, 2.45) is 0 Å². The lowest BCUT2D eigenvalue weighted by molar-refractivity contribution is -0.150. The molecule has 0 saturated heterocycles. The summed E-state index contributed by atoms with van der Waals surface area (Å²) < 4.78 is 6.27. The van der Waals surface area contributed by atoms with Crippen LogP contribution in [0.5, 0.6) is 0 Å². The first-order valence-electron chi connectivity index (χ1n) is 6.46. The molecule has 0 aromatic carbocycles. The largest absolute Gasteiger partial charge is 0.465 e. The van der Waals surface area contributed by atoms with Crippen LogP contribution in [0.3, 0.4) is 0 Å². The number of aryl methyl sites for hydroxylation is 1. The monoisotopic (exact) mass is 300 g/mol. The van der Waals surface area contributed by atoms with Crippen molar-refractivity contribution in [3.63, 3.8) is 0 Å². The zero-order chi connectivity index (χ0) is 15.3. The molecule has 0 unspecified atom stereocenters. The van der Waals surface area contributed by atoms with E-state index < -0.39 is 5.97 Å². The number of aromatic nitrogens is 1. The van der Waals surface area contributed by atoms with E-state index in [1.807, 2.05) is 13.8 Å². The van der Waals surface area contributed by atoms with Crippen molar-refractivity contribution in [1.82, 2.24) is 9.47 Å². The third-order valence-electron chi connectivity index (χ3n) is 2.82. The fourth-order valence-electron chi connectivity index (χ4n) is 1.73. The van der Waals surface area contributed by atoms with Crippen LogP contribution in [0.1, 0.15) is 26.5 Å². The lowest BCUT2D eigenvalue weighted by Gasteiger charge is -2.26. The number of amides is 1. The molecule has 0 saturated carbocycles. The van der Waals surface area contributed by atoms with Gasteiger partial charge in [0.25, 0.3) is 0 Å². The van der Waals surface area contributed by atoms with Gasteiger partial charge >= 0.3 is 10.8 Å². The van der Waals surface area contributed by atoms with Crippen LogP contribution in [0.25, 0.3) is 0 Å². The molecular weight excluding hydrogens is 280 g/mol. The molecule has 1 aromatic heterocycles. The van der Waals surface area contributed by atoms with E-state index in [-0.39, 0.29) is 36.5 Å². The Morgan fingerprint density at radius 2 is 2.10 bits per heavy atom. The van der Waals surface area contributed by atoms with Crippen molar-refractivity contribution < 1.29 is 14.3 Å². The third kappa shape index (κ3) is 4.19. The molecule has 0 spiro atoms. The average Bonchev–Trinajstić information content (AvgIpc) is 2.67. The molecule has 0 atom stereocenters. The van der Waals surface area contributed by atoms with Gasteiger partial charge in [-0.1, -0.05) is 11.3 Å². The number of carbonyl (C=O) groups excluding carboxylic acids is 2. The van der Waals surface area contributed by atoms with Crippen LogP contribution < -0.4 is 4.87 Å². The second kappa shape index (κ2) is 7.23. The number of ether oxygens (including phenoxy) is 1. The Balaban J connectivity index is 2.80.